The summed E-state index contributed by atoms with van der Waals surface area (Å²) in [6.07, 6.45) is 1.54. The lowest BCUT2D eigenvalue weighted by Crippen LogP contribution is -2.38. The van der Waals surface area contributed by atoms with Gasteiger partial charge in [-0.2, -0.15) is 0 Å². The van der Waals surface area contributed by atoms with Gasteiger partial charge in [0, 0.05) is 0 Å². The lowest BCUT2D eigenvalue weighted by Gasteiger charge is -2.09. The van der Waals surface area contributed by atoms with Crippen LogP contribution >= 0.6 is 0 Å². The smallest absolute Gasteiger partial charge is 0.258 e. The van der Waals surface area contributed by atoms with Gasteiger partial charge in [0.05, 0.1) is 19.4 Å². The van der Waals surface area contributed by atoms with Crippen LogP contribution in [-0.2, 0) is 16.1 Å². The highest BCUT2D eigenvalue weighted by molar-refractivity contribution is 5.85. The summed E-state index contributed by atoms with van der Waals surface area (Å²) in [6.45, 7) is 4.28. The second-order valence-electron chi connectivity index (χ2n) is 5.65. The number of amides is 2. The van der Waals surface area contributed by atoms with Crippen molar-refractivity contribution in [3.05, 3.63) is 54.0 Å². The molecule has 2 aromatic rings. The van der Waals surface area contributed by atoms with Crippen LogP contribution in [0, 0.1) is 0 Å². The van der Waals surface area contributed by atoms with E-state index in [4.69, 9.17) is 9.15 Å². The van der Waals surface area contributed by atoms with Crippen molar-refractivity contribution in [2.75, 3.05) is 13.2 Å². The van der Waals surface area contributed by atoms with Gasteiger partial charge in [-0.3, -0.25) is 9.59 Å². The number of rotatable bonds is 8. The summed E-state index contributed by atoms with van der Waals surface area (Å²) in [6, 6.07) is 11.1. The molecule has 0 saturated carbocycles. The molecule has 0 aliphatic heterocycles. The average Bonchev–Trinajstić information content (AvgIpc) is 3.10. The molecule has 6 nitrogen and oxygen atoms in total. The minimum atomic E-state index is -0.351. The minimum absolute atomic E-state index is 0.102. The predicted molar refractivity (Wildman–Crippen MR) is 89.6 cm³/mol. The molecule has 0 bridgehead atoms. The standard InChI is InChI=1S/C18H22N2O4/c1-13(2)14-5-7-15(8-6-14)24-12-18(22)20-11-17(21)19-10-16-4-3-9-23-16/h3-9,13H,10-12H2,1-2H3,(H,19,21)(H,20,22). The molecule has 0 spiro atoms. The number of carbonyl (C=O) groups is 2. The van der Waals surface area contributed by atoms with E-state index in [1.807, 2.05) is 24.3 Å². The van der Waals surface area contributed by atoms with Crippen LogP contribution in [0.2, 0.25) is 0 Å². The van der Waals surface area contributed by atoms with Crippen LogP contribution in [0.25, 0.3) is 0 Å². The van der Waals surface area contributed by atoms with Gasteiger partial charge in [-0.15, -0.1) is 0 Å². The molecule has 2 rings (SSSR count). The summed E-state index contributed by atoms with van der Waals surface area (Å²) in [5.74, 6) is 1.08. The first-order valence-electron chi connectivity index (χ1n) is 7.83. The Morgan fingerprint density at radius 2 is 1.83 bits per heavy atom. The Labute approximate surface area is 141 Å². The average molecular weight is 330 g/mol. The molecule has 24 heavy (non-hydrogen) atoms. The number of furan rings is 1. The number of hydrogen-bond acceptors (Lipinski definition) is 4. The van der Waals surface area contributed by atoms with Crippen molar-refractivity contribution < 1.29 is 18.7 Å². The van der Waals surface area contributed by atoms with Gasteiger partial charge in [-0.1, -0.05) is 26.0 Å². The van der Waals surface area contributed by atoms with E-state index >= 15 is 0 Å². The molecule has 128 valence electrons. The van der Waals surface area contributed by atoms with Crippen LogP contribution in [0.5, 0.6) is 5.75 Å². The molecule has 0 unspecified atom stereocenters. The zero-order valence-electron chi connectivity index (χ0n) is 13.9. The molecular weight excluding hydrogens is 308 g/mol. The van der Waals surface area contributed by atoms with E-state index in [-0.39, 0.29) is 25.0 Å². The Morgan fingerprint density at radius 3 is 2.46 bits per heavy atom. The van der Waals surface area contributed by atoms with Crippen LogP contribution in [0.1, 0.15) is 31.1 Å². The van der Waals surface area contributed by atoms with Gasteiger partial charge < -0.3 is 19.8 Å². The molecule has 2 amide bonds. The number of ether oxygens (including phenoxy) is 1. The van der Waals surface area contributed by atoms with E-state index < -0.39 is 0 Å². The van der Waals surface area contributed by atoms with Crippen LogP contribution in [0.4, 0.5) is 0 Å². The second-order valence-corrected chi connectivity index (χ2v) is 5.65. The summed E-state index contributed by atoms with van der Waals surface area (Å²) in [5, 5.41) is 5.15. The molecule has 0 aliphatic rings. The third kappa shape index (κ3) is 5.79. The molecule has 1 aromatic carbocycles. The first kappa shape index (κ1) is 17.6. The highest BCUT2D eigenvalue weighted by atomic mass is 16.5. The van der Waals surface area contributed by atoms with E-state index in [9.17, 15) is 9.59 Å². The Balaban J connectivity index is 1.64. The van der Waals surface area contributed by atoms with E-state index in [0.717, 1.165) is 0 Å². The zero-order valence-corrected chi connectivity index (χ0v) is 13.9. The third-order valence-electron chi connectivity index (χ3n) is 3.40. The highest BCUT2D eigenvalue weighted by Crippen LogP contribution is 2.18. The number of nitrogens with one attached hydrogen (secondary N) is 2. The summed E-state index contributed by atoms with van der Waals surface area (Å²) < 4.78 is 10.5. The van der Waals surface area contributed by atoms with Gasteiger partial charge >= 0.3 is 0 Å². The summed E-state index contributed by atoms with van der Waals surface area (Å²) in [5.41, 5.74) is 1.21. The van der Waals surface area contributed by atoms with E-state index in [1.165, 1.54) is 11.8 Å². The van der Waals surface area contributed by atoms with E-state index in [2.05, 4.69) is 24.5 Å². The van der Waals surface area contributed by atoms with Crippen LogP contribution < -0.4 is 15.4 Å². The quantitative estimate of drug-likeness (QED) is 0.778. The molecule has 0 fully saturated rings. The Kier molecular flexibility index (Phi) is 6.42. The van der Waals surface area contributed by atoms with Crippen molar-refractivity contribution >= 4 is 11.8 Å². The molecule has 0 aliphatic carbocycles. The fourth-order valence-corrected chi connectivity index (χ4v) is 1.99. The Bertz CT molecular complexity index is 648. The van der Waals surface area contributed by atoms with Crippen molar-refractivity contribution in [1.29, 1.82) is 0 Å². The maximum atomic E-state index is 11.7. The molecule has 2 N–H and O–H groups in total. The fourth-order valence-electron chi connectivity index (χ4n) is 1.99. The lowest BCUT2D eigenvalue weighted by atomic mass is 10.0. The zero-order chi connectivity index (χ0) is 17.4. The molecule has 0 atom stereocenters. The van der Waals surface area contributed by atoms with Crippen LogP contribution in [0.3, 0.4) is 0 Å². The van der Waals surface area contributed by atoms with Crippen molar-refractivity contribution in [3.8, 4) is 5.75 Å². The van der Waals surface area contributed by atoms with Crippen molar-refractivity contribution in [3.63, 3.8) is 0 Å². The van der Waals surface area contributed by atoms with E-state index in [1.54, 1.807) is 12.1 Å². The SMILES string of the molecule is CC(C)c1ccc(OCC(=O)NCC(=O)NCc2ccco2)cc1. The molecule has 6 heteroatoms. The fraction of sp³-hybridized carbons (Fsp3) is 0.333. The van der Waals surface area contributed by atoms with Gasteiger partial charge in [0.15, 0.2) is 6.61 Å². The second kappa shape index (κ2) is 8.76. The van der Waals surface area contributed by atoms with Gasteiger partial charge in [-0.05, 0) is 35.7 Å². The van der Waals surface area contributed by atoms with Gasteiger partial charge in [0.2, 0.25) is 5.91 Å². The molecule has 0 radical (unpaired) electrons. The molecule has 1 heterocycles. The number of benzene rings is 1. The summed E-state index contributed by atoms with van der Waals surface area (Å²) >= 11 is 0. The Hall–Kier alpha value is -2.76. The summed E-state index contributed by atoms with van der Waals surface area (Å²) in [7, 11) is 0. The van der Waals surface area contributed by atoms with Crippen molar-refractivity contribution in [2.45, 2.75) is 26.3 Å². The van der Waals surface area contributed by atoms with Crippen LogP contribution in [0.15, 0.2) is 47.1 Å². The van der Waals surface area contributed by atoms with Gasteiger partial charge in [-0.25, -0.2) is 0 Å². The topological polar surface area (TPSA) is 80.6 Å². The highest BCUT2D eigenvalue weighted by Gasteiger charge is 2.07. The monoisotopic (exact) mass is 330 g/mol. The maximum absolute atomic E-state index is 11.7. The largest absolute Gasteiger partial charge is 0.484 e. The maximum Gasteiger partial charge on any atom is 0.258 e. The Morgan fingerprint density at radius 1 is 1.08 bits per heavy atom. The molecule has 0 saturated heterocycles. The van der Waals surface area contributed by atoms with Crippen LogP contribution in [-0.4, -0.2) is 25.0 Å². The van der Waals surface area contributed by atoms with E-state index in [0.29, 0.717) is 24.0 Å². The lowest BCUT2D eigenvalue weighted by molar-refractivity contribution is -0.127. The van der Waals surface area contributed by atoms with Crippen molar-refractivity contribution in [1.82, 2.24) is 10.6 Å². The first-order valence-corrected chi connectivity index (χ1v) is 7.83. The normalized spacial score (nSPS) is 10.5. The first-order chi connectivity index (χ1) is 11.5. The van der Waals surface area contributed by atoms with Gasteiger partial charge in [0.1, 0.15) is 11.5 Å². The van der Waals surface area contributed by atoms with Gasteiger partial charge in [0.25, 0.3) is 5.91 Å². The summed E-state index contributed by atoms with van der Waals surface area (Å²) in [4.78, 5) is 23.3. The number of carbonyl (C=O) groups excluding carboxylic acids is 2. The molecular formula is C18H22N2O4. The number of hydrogen-bond donors (Lipinski definition) is 2. The van der Waals surface area contributed by atoms with Crippen molar-refractivity contribution in [2.24, 2.45) is 0 Å². The third-order valence-corrected chi connectivity index (χ3v) is 3.40. The predicted octanol–water partition coefficient (Wildman–Crippen LogP) is 2.21. The molecule has 1 aromatic heterocycles. The minimum Gasteiger partial charge on any atom is -0.484 e.